The van der Waals surface area contributed by atoms with Gasteiger partial charge in [-0.15, -0.1) is 0 Å². The highest BCUT2D eigenvalue weighted by Crippen LogP contribution is 2.29. The van der Waals surface area contributed by atoms with Crippen LogP contribution < -0.4 is 5.32 Å². The summed E-state index contributed by atoms with van der Waals surface area (Å²) in [6.45, 7) is 6.59. The quantitative estimate of drug-likeness (QED) is 0.832. The number of benzene rings is 1. The van der Waals surface area contributed by atoms with Crippen molar-refractivity contribution in [2.45, 2.75) is 38.2 Å². The molecule has 0 aliphatic heterocycles. The lowest BCUT2D eigenvalue weighted by molar-refractivity contribution is 0.0615. The standard InChI is InChI=1S/C15H21NO/c1-12(2)13-6-5-7-14(10-13)16-11-15(17)8-3-4-9-15/h5-7,10,16-17H,1,3-4,8-9,11H2,2H3. The van der Waals surface area contributed by atoms with Gasteiger partial charge in [-0.05, 0) is 37.5 Å². The summed E-state index contributed by atoms with van der Waals surface area (Å²) >= 11 is 0. The zero-order valence-corrected chi connectivity index (χ0v) is 10.5. The highest BCUT2D eigenvalue weighted by molar-refractivity contribution is 5.65. The van der Waals surface area contributed by atoms with E-state index < -0.39 is 5.60 Å². The van der Waals surface area contributed by atoms with Gasteiger partial charge in [0.1, 0.15) is 0 Å². The summed E-state index contributed by atoms with van der Waals surface area (Å²) < 4.78 is 0. The fourth-order valence-electron chi connectivity index (χ4n) is 2.37. The fourth-order valence-corrected chi connectivity index (χ4v) is 2.37. The summed E-state index contributed by atoms with van der Waals surface area (Å²) in [5.74, 6) is 0. The van der Waals surface area contributed by atoms with Crippen LogP contribution in [0, 0.1) is 0 Å². The largest absolute Gasteiger partial charge is 0.388 e. The van der Waals surface area contributed by atoms with Gasteiger partial charge in [-0.25, -0.2) is 0 Å². The first-order chi connectivity index (χ1) is 8.09. The van der Waals surface area contributed by atoms with Crippen LogP contribution in [-0.4, -0.2) is 17.3 Å². The van der Waals surface area contributed by atoms with Gasteiger partial charge in [0.25, 0.3) is 0 Å². The Kier molecular flexibility index (Phi) is 3.53. The molecule has 2 heteroatoms. The van der Waals surface area contributed by atoms with Gasteiger partial charge in [0.15, 0.2) is 0 Å². The summed E-state index contributed by atoms with van der Waals surface area (Å²) in [4.78, 5) is 0. The Morgan fingerprint density at radius 3 is 2.76 bits per heavy atom. The van der Waals surface area contributed by atoms with Crippen LogP contribution in [0.15, 0.2) is 30.8 Å². The molecule has 0 bridgehead atoms. The number of aliphatic hydroxyl groups is 1. The minimum Gasteiger partial charge on any atom is -0.388 e. The Morgan fingerprint density at radius 1 is 1.41 bits per heavy atom. The van der Waals surface area contributed by atoms with E-state index in [0.29, 0.717) is 6.54 Å². The first kappa shape index (κ1) is 12.2. The van der Waals surface area contributed by atoms with Crippen LogP contribution in [0.3, 0.4) is 0 Å². The summed E-state index contributed by atoms with van der Waals surface area (Å²) in [7, 11) is 0. The molecule has 1 saturated carbocycles. The smallest absolute Gasteiger partial charge is 0.0819 e. The first-order valence-electron chi connectivity index (χ1n) is 6.31. The van der Waals surface area contributed by atoms with Gasteiger partial charge in [-0.3, -0.25) is 0 Å². The molecule has 0 saturated heterocycles. The number of rotatable bonds is 4. The zero-order valence-electron chi connectivity index (χ0n) is 10.5. The van der Waals surface area contributed by atoms with E-state index in [1.54, 1.807) is 0 Å². The van der Waals surface area contributed by atoms with Crippen LogP contribution in [0.25, 0.3) is 5.57 Å². The molecule has 0 spiro atoms. The number of allylic oxidation sites excluding steroid dienone is 1. The Balaban J connectivity index is 1.99. The van der Waals surface area contributed by atoms with Gasteiger partial charge in [0.2, 0.25) is 0 Å². The van der Waals surface area contributed by atoms with Gasteiger partial charge in [-0.1, -0.05) is 37.1 Å². The number of hydrogen-bond donors (Lipinski definition) is 2. The lowest BCUT2D eigenvalue weighted by Gasteiger charge is -2.23. The molecule has 0 aromatic heterocycles. The van der Waals surface area contributed by atoms with Crippen LogP contribution in [0.1, 0.15) is 38.2 Å². The van der Waals surface area contributed by atoms with Crippen molar-refractivity contribution in [3.8, 4) is 0 Å². The van der Waals surface area contributed by atoms with Gasteiger partial charge in [0, 0.05) is 12.2 Å². The highest BCUT2D eigenvalue weighted by atomic mass is 16.3. The molecular weight excluding hydrogens is 210 g/mol. The Labute approximate surface area is 103 Å². The van der Waals surface area contributed by atoms with E-state index in [1.165, 1.54) is 0 Å². The van der Waals surface area contributed by atoms with E-state index in [-0.39, 0.29) is 0 Å². The van der Waals surface area contributed by atoms with Crippen LogP contribution >= 0.6 is 0 Å². The molecular formula is C15H21NO. The van der Waals surface area contributed by atoms with Crippen molar-refractivity contribution in [2.24, 2.45) is 0 Å². The summed E-state index contributed by atoms with van der Waals surface area (Å²) in [5.41, 5.74) is 2.77. The zero-order chi connectivity index (χ0) is 12.3. The molecule has 0 atom stereocenters. The second-order valence-electron chi connectivity index (χ2n) is 5.15. The van der Waals surface area contributed by atoms with E-state index >= 15 is 0 Å². The highest BCUT2D eigenvalue weighted by Gasteiger charge is 2.30. The summed E-state index contributed by atoms with van der Waals surface area (Å²) in [5, 5.41) is 13.6. The van der Waals surface area contributed by atoms with Crippen LogP contribution in [0.4, 0.5) is 5.69 Å². The predicted octanol–water partition coefficient (Wildman–Crippen LogP) is 3.44. The summed E-state index contributed by atoms with van der Waals surface area (Å²) in [6, 6.07) is 8.19. The molecule has 1 aromatic rings. The molecule has 2 N–H and O–H groups in total. The third kappa shape index (κ3) is 3.10. The third-order valence-corrected chi connectivity index (χ3v) is 3.51. The normalized spacial score (nSPS) is 18.0. The van der Waals surface area contributed by atoms with Crippen LogP contribution in [0.5, 0.6) is 0 Å². The van der Waals surface area contributed by atoms with Crippen molar-refractivity contribution in [1.29, 1.82) is 0 Å². The predicted molar refractivity (Wildman–Crippen MR) is 73.1 cm³/mol. The molecule has 92 valence electrons. The second kappa shape index (κ2) is 4.92. The van der Waals surface area contributed by atoms with Gasteiger partial charge >= 0.3 is 0 Å². The lowest BCUT2D eigenvalue weighted by atomic mass is 10.0. The van der Waals surface area contributed by atoms with E-state index in [2.05, 4.69) is 24.0 Å². The van der Waals surface area contributed by atoms with Crippen molar-refractivity contribution in [3.63, 3.8) is 0 Å². The first-order valence-corrected chi connectivity index (χ1v) is 6.31. The van der Waals surface area contributed by atoms with Gasteiger partial charge < -0.3 is 10.4 Å². The lowest BCUT2D eigenvalue weighted by Crippen LogP contribution is -2.33. The third-order valence-electron chi connectivity index (χ3n) is 3.51. The van der Waals surface area contributed by atoms with Crippen molar-refractivity contribution >= 4 is 11.3 Å². The van der Waals surface area contributed by atoms with E-state index in [9.17, 15) is 5.11 Å². The molecule has 17 heavy (non-hydrogen) atoms. The molecule has 1 aromatic carbocycles. The molecule has 1 aliphatic rings. The molecule has 2 nitrogen and oxygen atoms in total. The maximum atomic E-state index is 10.3. The van der Waals surface area contributed by atoms with E-state index in [1.807, 2.05) is 19.1 Å². The molecule has 0 radical (unpaired) electrons. The minimum atomic E-state index is -0.501. The Bertz CT molecular complexity index is 405. The average Bonchev–Trinajstić information content (AvgIpc) is 2.75. The van der Waals surface area contributed by atoms with Crippen molar-refractivity contribution in [1.82, 2.24) is 0 Å². The van der Waals surface area contributed by atoms with Gasteiger partial charge in [0.05, 0.1) is 5.60 Å². The van der Waals surface area contributed by atoms with Crippen molar-refractivity contribution in [3.05, 3.63) is 36.4 Å². The Hall–Kier alpha value is -1.28. The molecule has 0 unspecified atom stereocenters. The van der Waals surface area contributed by atoms with Crippen molar-refractivity contribution < 1.29 is 5.11 Å². The molecule has 2 rings (SSSR count). The van der Waals surface area contributed by atoms with Gasteiger partial charge in [-0.2, -0.15) is 0 Å². The monoisotopic (exact) mass is 231 g/mol. The minimum absolute atomic E-state index is 0.501. The van der Waals surface area contributed by atoms with E-state index in [0.717, 1.165) is 42.5 Å². The number of anilines is 1. The number of hydrogen-bond acceptors (Lipinski definition) is 2. The maximum absolute atomic E-state index is 10.3. The van der Waals surface area contributed by atoms with Crippen LogP contribution in [-0.2, 0) is 0 Å². The summed E-state index contributed by atoms with van der Waals surface area (Å²) in [6.07, 6.45) is 4.12. The molecule has 0 heterocycles. The van der Waals surface area contributed by atoms with E-state index in [4.69, 9.17) is 0 Å². The topological polar surface area (TPSA) is 32.3 Å². The SMILES string of the molecule is C=C(C)c1cccc(NCC2(O)CCCC2)c1. The van der Waals surface area contributed by atoms with Crippen LogP contribution in [0.2, 0.25) is 0 Å². The molecule has 1 fully saturated rings. The maximum Gasteiger partial charge on any atom is 0.0819 e. The average molecular weight is 231 g/mol. The fraction of sp³-hybridized carbons (Fsp3) is 0.467. The number of nitrogens with one attached hydrogen (secondary N) is 1. The van der Waals surface area contributed by atoms with Crippen molar-refractivity contribution in [2.75, 3.05) is 11.9 Å². The molecule has 0 amide bonds. The second-order valence-corrected chi connectivity index (χ2v) is 5.15. The molecule has 1 aliphatic carbocycles. The Morgan fingerprint density at radius 2 is 2.12 bits per heavy atom.